The number of hydrogen-bond acceptors (Lipinski definition) is 6. The van der Waals surface area contributed by atoms with Gasteiger partial charge < -0.3 is 15.4 Å². The van der Waals surface area contributed by atoms with Crippen molar-refractivity contribution >= 4 is 23.5 Å². The van der Waals surface area contributed by atoms with E-state index in [1.807, 2.05) is 0 Å². The van der Waals surface area contributed by atoms with Gasteiger partial charge in [-0.15, -0.1) is 0 Å². The number of nitrogens with one attached hydrogen (secondary N) is 2. The number of hydrogen-bond donors (Lipinski definition) is 2. The highest BCUT2D eigenvalue weighted by atomic mass is 19.1. The molecular weight excluding hydrogens is 409 g/mol. The average Bonchev–Trinajstić information content (AvgIpc) is 2.73. The number of methoxy groups -OCH3 is 1. The van der Waals surface area contributed by atoms with Crippen LogP contribution in [0.4, 0.5) is 10.1 Å². The zero-order valence-electron chi connectivity index (χ0n) is 17.0. The van der Waals surface area contributed by atoms with Crippen LogP contribution >= 0.6 is 0 Å². The normalized spacial score (nSPS) is 12.4. The van der Waals surface area contributed by atoms with Crippen LogP contribution in [0.15, 0.2) is 48.5 Å². The molecule has 0 fully saturated rings. The standard InChI is InChI=1S/C21H22FN3O6/c1-13(26)23-18(12-15-5-3-4-6-17(15)22)20(27)24-19(21(28)31-2)11-14-7-9-16(10-8-14)25(29)30/h3-10,18-19H,11-12H2,1-2H3,(H,23,26)(H,24,27)/t18-,19+/m1/s1. The smallest absolute Gasteiger partial charge is 0.328 e. The molecular formula is C21H22FN3O6. The first-order valence-electron chi connectivity index (χ1n) is 9.33. The largest absolute Gasteiger partial charge is 0.467 e. The fraction of sp³-hybridized carbons (Fsp3) is 0.286. The monoisotopic (exact) mass is 431 g/mol. The molecule has 31 heavy (non-hydrogen) atoms. The minimum Gasteiger partial charge on any atom is -0.467 e. The van der Waals surface area contributed by atoms with E-state index in [-0.39, 0.29) is 24.1 Å². The second-order valence-electron chi connectivity index (χ2n) is 6.76. The summed E-state index contributed by atoms with van der Waals surface area (Å²) < 4.78 is 18.7. The Morgan fingerprint density at radius 1 is 1.03 bits per heavy atom. The molecule has 0 radical (unpaired) electrons. The number of carbonyl (C=O) groups excluding carboxylic acids is 3. The average molecular weight is 431 g/mol. The van der Waals surface area contributed by atoms with Crippen LogP contribution in [0, 0.1) is 15.9 Å². The van der Waals surface area contributed by atoms with Crippen molar-refractivity contribution in [2.75, 3.05) is 7.11 Å². The summed E-state index contributed by atoms with van der Waals surface area (Å²) in [5.41, 5.74) is 0.658. The van der Waals surface area contributed by atoms with Gasteiger partial charge in [-0.25, -0.2) is 9.18 Å². The maximum atomic E-state index is 14.0. The molecule has 0 aromatic heterocycles. The fourth-order valence-electron chi connectivity index (χ4n) is 2.94. The first-order valence-corrected chi connectivity index (χ1v) is 9.33. The number of carbonyl (C=O) groups is 3. The maximum absolute atomic E-state index is 14.0. The van der Waals surface area contributed by atoms with E-state index in [2.05, 4.69) is 10.6 Å². The molecule has 0 aliphatic carbocycles. The van der Waals surface area contributed by atoms with Crippen molar-refractivity contribution < 1.29 is 28.4 Å². The summed E-state index contributed by atoms with van der Waals surface area (Å²) in [4.78, 5) is 46.8. The van der Waals surface area contributed by atoms with Gasteiger partial charge in [0.1, 0.15) is 17.9 Å². The van der Waals surface area contributed by atoms with Crippen LogP contribution < -0.4 is 10.6 Å². The number of esters is 1. The molecule has 164 valence electrons. The molecule has 0 unspecified atom stereocenters. The molecule has 2 aromatic rings. The minimum atomic E-state index is -1.13. The van der Waals surface area contributed by atoms with Gasteiger partial charge in [0.05, 0.1) is 12.0 Å². The quantitative estimate of drug-likeness (QED) is 0.353. The van der Waals surface area contributed by atoms with Crippen LogP contribution in [-0.4, -0.2) is 41.9 Å². The second kappa shape index (κ2) is 10.8. The lowest BCUT2D eigenvalue weighted by atomic mass is 10.0. The van der Waals surface area contributed by atoms with Crippen LogP contribution in [0.5, 0.6) is 0 Å². The molecule has 0 saturated carbocycles. The van der Waals surface area contributed by atoms with Crippen molar-refractivity contribution in [2.24, 2.45) is 0 Å². The summed E-state index contributed by atoms with van der Waals surface area (Å²) in [6.45, 7) is 1.22. The Labute approximate surface area is 177 Å². The van der Waals surface area contributed by atoms with Crippen molar-refractivity contribution in [3.63, 3.8) is 0 Å². The number of ether oxygens (including phenoxy) is 1. The molecule has 0 spiro atoms. The number of nitrogens with zero attached hydrogens (tertiary/aromatic N) is 1. The summed E-state index contributed by atoms with van der Waals surface area (Å²) in [7, 11) is 1.15. The van der Waals surface area contributed by atoms with E-state index in [1.165, 1.54) is 49.4 Å². The number of halogens is 1. The van der Waals surface area contributed by atoms with E-state index in [4.69, 9.17) is 4.74 Å². The zero-order chi connectivity index (χ0) is 23.0. The van der Waals surface area contributed by atoms with E-state index in [1.54, 1.807) is 6.07 Å². The summed E-state index contributed by atoms with van der Waals surface area (Å²) in [5.74, 6) is -2.46. The number of non-ortho nitro benzene ring substituents is 1. The molecule has 2 rings (SSSR count). The molecule has 10 heteroatoms. The predicted molar refractivity (Wildman–Crippen MR) is 108 cm³/mol. The number of nitro groups is 1. The van der Waals surface area contributed by atoms with Crippen LogP contribution in [0.2, 0.25) is 0 Å². The lowest BCUT2D eigenvalue weighted by Crippen LogP contribution is -2.53. The van der Waals surface area contributed by atoms with Crippen molar-refractivity contribution in [2.45, 2.75) is 31.8 Å². The van der Waals surface area contributed by atoms with Gasteiger partial charge in [0.2, 0.25) is 11.8 Å². The van der Waals surface area contributed by atoms with Crippen LogP contribution in [0.1, 0.15) is 18.1 Å². The van der Waals surface area contributed by atoms with Crippen LogP contribution in [-0.2, 0) is 32.0 Å². The molecule has 0 heterocycles. The van der Waals surface area contributed by atoms with Crippen molar-refractivity contribution in [1.29, 1.82) is 0 Å². The van der Waals surface area contributed by atoms with E-state index in [9.17, 15) is 28.9 Å². The Bertz CT molecular complexity index is 964. The number of rotatable bonds is 9. The first kappa shape index (κ1) is 23.5. The fourth-order valence-corrected chi connectivity index (χ4v) is 2.94. The number of nitro benzene ring substituents is 1. The second-order valence-corrected chi connectivity index (χ2v) is 6.76. The van der Waals surface area contributed by atoms with E-state index < -0.39 is 40.6 Å². The summed E-state index contributed by atoms with van der Waals surface area (Å²) >= 11 is 0. The highest BCUT2D eigenvalue weighted by Gasteiger charge is 2.28. The molecule has 0 bridgehead atoms. The van der Waals surface area contributed by atoms with Gasteiger partial charge in [-0.05, 0) is 17.2 Å². The molecule has 0 aliphatic heterocycles. The highest BCUT2D eigenvalue weighted by Crippen LogP contribution is 2.14. The third kappa shape index (κ3) is 6.88. The summed E-state index contributed by atoms with van der Waals surface area (Å²) in [6.07, 6.45) is -0.119. The third-order valence-electron chi connectivity index (χ3n) is 4.47. The molecule has 2 N–H and O–H groups in total. The highest BCUT2D eigenvalue weighted by molar-refractivity contribution is 5.90. The Morgan fingerprint density at radius 3 is 2.23 bits per heavy atom. The molecule has 0 aliphatic rings. The van der Waals surface area contributed by atoms with E-state index >= 15 is 0 Å². The third-order valence-corrected chi connectivity index (χ3v) is 4.47. The van der Waals surface area contributed by atoms with Gasteiger partial charge in [-0.3, -0.25) is 19.7 Å². The molecule has 0 saturated heterocycles. The topological polar surface area (TPSA) is 128 Å². The molecule has 2 atom stereocenters. The van der Waals surface area contributed by atoms with Crippen LogP contribution in [0.3, 0.4) is 0 Å². The Kier molecular flexibility index (Phi) is 8.18. The van der Waals surface area contributed by atoms with Gasteiger partial charge in [0, 0.05) is 31.9 Å². The Balaban J connectivity index is 2.18. The molecule has 2 aromatic carbocycles. The van der Waals surface area contributed by atoms with Crippen LogP contribution in [0.25, 0.3) is 0 Å². The Morgan fingerprint density at radius 2 is 1.68 bits per heavy atom. The van der Waals surface area contributed by atoms with Crippen molar-refractivity contribution in [1.82, 2.24) is 10.6 Å². The first-order chi connectivity index (χ1) is 14.7. The maximum Gasteiger partial charge on any atom is 0.328 e. The summed E-state index contributed by atoms with van der Waals surface area (Å²) in [6, 6.07) is 9.09. The number of amides is 2. The minimum absolute atomic E-state index is 0.00287. The molecule has 2 amide bonds. The van der Waals surface area contributed by atoms with E-state index in [0.29, 0.717) is 5.56 Å². The predicted octanol–water partition coefficient (Wildman–Crippen LogP) is 1.68. The SMILES string of the molecule is COC(=O)[C@H](Cc1ccc([N+](=O)[O-])cc1)NC(=O)[C@@H](Cc1ccccc1F)NC(C)=O. The number of benzene rings is 2. The van der Waals surface area contributed by atoms with Gasteiger partial charge >= 0.3 is 5.97 Å². The van der Waals surface area contributed by atoms with Crippen molar-refractivity contribution in [3.05, 3.63) is 75.6 Å². The lowest BCUT2D eigenvalue weighted by Gasteiger charge is -2.22. The van der Waals surface area contributed by atoms with Gasteiger partial charge in [-0.2, -0.15) is 0 Å². The summed E-state index contributed by atoms with van der Waals surface area (Å²) in [5, 5.41) is 15.8. The molecule has 9 nitrogen and oxygen atoms in total. The van der Waals surface area contributed by atoms with Gasteiger partial charge in [0.15, 0.2) is 0 Å². The lowest BCUT2D eigenvalue weighted by molar-refractivity contribution is -0.384. The van der Waals surface area contributed by atoms with Gasteiger partial charge in [0.25, 0.3) is 5.69 Å². The zero-order valence-corrected chi connectivity index (χ0v) is 17.0. The Hall–Kier alpha value is -3.82. The van der Waals surface area contributed by atoms with Gasteiger partial charge in [-0.1, -0.05) is 30.3 Å². The van der Waals surface area contributed by atoms with Crippen molar-refractivity contribution in [3.8, 4) is 0 Å². The van der Waals surface area contributed by atoms with E-state index in [0.717, 1.165) is 7.11 Å².